The maximum absolute atomic E-state index is 12.6. The van der Waals surface area contributed by atoms with Crippen LogP contribution in [0.2, 0.25) is 0 Å². The number of pyridine rings is 1. The van der Waals surface area contributed by atoms with Crippen LogP contribution in [0.5, 0.6) is 0 Å². The number of rotatable bonds is 5. The maximum atomic E-state index is 12.6. The molecule has 3 rings (SSSR count). The standard InChI is InChI=1S/C18H22N2O3/c1-11-7-16(12(2)23-11)18(22)20-17(14-9-15(21)10-14)8-13-3-5-19-6-4-13/h3-7,14-15,17,21H,8-10H2,1-2H3,(H,20,22)/t14?,15?,17-/m1/s1. The zero-order chi connectivity index (χ0) is 16.4. The van der Waals surface area contributed by atoms with E-state index in [1.54, 1.807) is 25.4 Å². The van der Waals surface area contributed by atoms with Gasteiger partial charge in [-0.05, 0) is 62.8 Å². The molecular weight excluding hydrogens is 292 g/mol. The van der Waals surface area contributed by atoms with Gasteiger partial charge in [-0.15, -0.1) is 0 Å². The van der Waals surface area contributed by atoms with Crippen LogP contribution in [0.15, 0.2) is 35.0 Å². The molecule has 5 heteroatoms. The van der Waals surface area contributed by atoms with Crippen LogP contribution in [0.3, 0.4) is 0 Å². The van der Waals surface area contributed by atoms with Crippen molar-refractivity contribution < 1.29 is 14.3 Å². The van der Waals surface area contributed by atoms with Crippen molar-refractivity contribution >= 4 is 5.91 Å². The van der Waals surface area contributed by atoms with E-state index in [0.29, 0.717) is 17.2 Å². The van der Waals surface area contributed by atoms with Crippen molar-refractivity contribution in [3.05, 3.63) is 53.2 Å². The lowest BCUT2D eigenvalue weighted by Gasteiger charge is -2.38. The van der Waals surface area contributed by atoms with E-state index in [1.165, 1.54) is 0 Å². The quantitative estimate of drug-likeness (QED) is 0.888. The Labute approximate surface area is 135 Å². The van der Waals surface area contributed by atoms with Crippen LogP contribution in [0.25, 0.3) is 0 Å². The molecule has 0 spiro atoms. The highest BCUT2D eigenvalue weighted by molar-refractivity contribution is 5.95. The number of aromatic nitrogens is 1. The van der Waals surface area contributed by atoms with Crippen LogP contribution in [0.1, 0.15) is 40.3 Å². The topological polar surface area (TPSA) is 75.4 Å². The van der Waals surface area contributed by atoms with Gasteiger partial charge in [0.2, 0.25) is 0 Å². The van der Waals surface area contributed by atoms with Gasteiger partial charge in [-0.1, -0.05) is 0 Å². The lowest BCUT2D eigenvalue weighted by Crippen LogP contribution is -2.48. The Morgan fingerprint density at radius 3 is 2.65 bits per heavy atom. The van der Waals surface area contributed by atoms with E-state index in [-0.39, 0.29) is 18.1 Å². The molecule has 2 aromatic rings. The number of furan rings is 1. The third-order valence-electron chi connectivity index (χ3n) is 4.53. The molecule has 1 atom stereocenters. The summed E-state index contributed by atoms with van der Waals surface area (Å²) in [5.74, 6) is 1.56. The first-order valence-corrected chi connectivity index (χ1v) is 7.98. The van der Waals surface area contributed by atoms with Crippen molar-refractivity contribution in [3.63, 3.8) is 0 Å². The number of carbonyl (C=O) groups excluding carboxylic acids is 1. The number of hydrogen-bond donors (Lipinski definition) is 2. The van der Waals surface area contributed by atoms with Crippen LogP contribution >= 0.6 is 0 Å². The first-order chi connectivity index (χ1) is 11.0. The summed E-state index contributed by atoms with van der Waals surface area (Å²) in [4.78, 5) is 16.6. The summed E-state index contributed by atoms with van der Waals surface area (Å²) in [6.07, 6.45) is 5.48. The molecule has 5 nitrogen and oxygen atoms in total. The van der Waals surface area contributed by atoms with Crippen LogP contribution in [-0.4, -0.2) is 28.1 Å². The van der Waals surface area contributed by atoms with Crippen molar-refractivity contribution in [2.24, 2.45) is 5.92 Å². The minimum Gasteiger partial charge on any atom is -0.466 e. The highest BCUT2D eigenvalue weighted by atomic mass is 16.3. The second-order valence-electron chi connectivity index (χ2n) is 6.35. The Balaban J connectivity index is 1.73. The third-order valence-corrected chi connectivity index (χ3v) is 4.53. The van der Waals surface area contributed by atoms with Crippen molar-refractivity contribution in [2.75, 3.05) is 0 Å². The number of amides is 1. The summed E-state index contributed by atoms with van der Waals surface area (Å²) in [6.45, 7) is 3.63. The molecule has 0 radical (unpaired) electrons. The van der Waals surface area contributed by atoms with E-state index in [2.05, 4.69) is 10.3 Å². The molecule has 1 saturated carbocycles. The third kappa shape index (κ3) is 3.62. The molecular formula is C18H22N2O3. The van der Waals surface area contributed by atoms with E-state index < -0.39 is 0 Å². The molecule has 0 saturated heterocycles. The first kappa shape index (κ1) is 15.7. The summed E-state index contributed by atoms with van der Waals surface area (Å²) in [6, 6.07) is 5.69. The Morgan fingerprint density at radius 2 is 2.09 bits per heavy atom. The van der Waals surface area contributed by atoms with Crippen molar-refractivity contribution in [3.8, 4) is 0 Å². The fourth-order valence-electron chi connectivity index (χ4n) is 3.17. The molecule has 2 heterocycles. The molecule has 122 valence electrons. The van der Waals surface area contributed by atoms with Crippen LogP contribution < -0.4 is 5.32 Å². The average Bonchev–Trinajstić information content (AvgIpc) is 2.83. The highest BCUT2D eigenvalue weighted by Crippen LogP contribution is 2.32. The first-order valence-electron chi connectivity index (χ1n) is 7.98. The van der Waals surface area contributed by atoms with Gasteiger partial charge >= 0.3 is 0 Å². The number of aryl methyl sites for hydroxylation is 2. The van der Waals surface area contributed by atoms with Gasteiger partial charge in [0.1, 0.15) is 11.5 Å². The van der Waals surface area contributed by atoms with E-state index in [9.17, 15) is 9.90 Å². The fraction of sp³-hybridized carbons (Fsp3) is 0.444. The van der Waals surface area contributed by atoms with Crippen molar-refractivity contribution in [2.45, 2.75) is 45.3 Å². The molecule has 1 fully saturated rings. The molecule has 2 N–H and O–H groups in total. The van der Waals surface area contributed by atoms with Crippen molar-refractivity contribution in [1.29, 1.82) is 0 Å². The summed E-state index contributed by atoms with van der Waals surface area (Å²) >= 11 is 0. The Morgan fingerprint density at radius 1 is 1.39 bits per heavy atom. The summed E-state index contributed by atoms with van der Waals surface area (Å²) in [5.41, 5.74) is 1.72. The summed E-state index contributed by atoms with van der Waals surface area (Å²) in [7, 11) is 0. The molecule has 0 unspecified atom stereocenters. The Bertz CT molecular complexity index is 675. The van der Waals surface area contributed by atoms with Gasteiger partial charge in [-0.2, -0.15) is 0 Å². The van der Waals surface area contributed by atoms with E-state index in [0.717, 1.165) is 30.6 Å². The smallest absolute Gasteiger partial charge is 0.255 e. The number of nitrogens with zero attached hydrogens (tertiary/aromatic N) is 1. The monoisotopic (exact) mass is 314 g/mol. The van der Waals surface area contributed by atoms with Crippen LogP contribution in [0.4, 0.5) is 0 Å². The van der Waals surface area contributed by atoms with Crippen molar-refractivity contribution in [1.82, 2.24) is 10.3 Å². The number of nitrogens with one attached hydrogen (secondary N) is 1. The summed E-state index contributed by atoms with van der Waals surface area (Å²) in [5, 5.41) is 12.7. The van der Waals surface area contributed by atoms with Gasteiger partial charge in [-0.3, -0.25) is 9.78 Å². The molecule has 0 aromatic carbocycles. The number of hydrogen-bond acceptors (Lipinski definition) is 4. The molecule has 1 aliphatic rings. The van der Waals surface area contributed by atoms with Gasteiger partial charge in [-0.25, -0.2) is 0 Å². The summed E-state index contributed by atoms with van der Waals surface area (Å²) < 4.78 is 5.44. The second kappa shape index (κ2) is 6.54. The SMILES string of the molecule is Cc1cc(C(=O)N[C@H](Cc2ccncc2)C2CC(O)C2)c(C)o1. The Kier molecular flexibility index (Phi) is 4.48. The van der Waals surface area contributed by atoms with Gasteiger partial charge in [0.25, 0.3) is 5.91 Å². The zero-order valence-corrected chi connectivity index (χ0v) is 13.5. The predicted octanol–water partition coefficient (Wildman–Crippen LogP) is 2.40. The van der Waals surface area contributed by atoms with Crippen LogP contribution in [-0.2, 0) is 6.42 Å². The molecule has 23 heavy (non-hydrogen) atoms. The van der Waals surface area contributed by atoms with E-state index in [1.807, 2.05) is 19.1 Å². The highest BCUT2D eigenvalue weighted by Gasteiger charge is 2.35. The zero-order valence-electron chi connectivity index (χ0n) is 13.5. The van der Waals surface area contributed by atoms with Gasteiger partial charge < -0.3 is 14.8 Å². The molecule has 2 aromatic heterocycles. The van der Waals surface area contributed by atoms with Gasteiger partial charge in [0, 0.05) is 18.4 Å². The minimum absolute atomic E-state index is 0.00269. The number of aliphatic hydroxyl groups excluding tert-OH is 1. The fourth-order valence-corrected chi connectivity index (χ4v) is 3.17. The normalized spacial score (nSPS) is 21.5. The molecule has 0 bridgehead atoms. The second-order valence-corrected chi connectivity index (χ2v) is 6.35. The Hall–Kier alpha value is -2.14. The lowest BCUT2D eigenvalue weighted by atomic mass is 9.75. The van der Waals surface area contributed by atoms with E-state index in [4.69, 9.17) is 4.42 Å². The average molecular weight is 314 g/mol. The largest absolute Gasteiger partial charge is 0.466 e. The lowest BCUT2D eigenvalue weighted by molar-refractivity contribution is 0.0239. The number of carbonyl (C=O) groups is 1. The molecule has 0 aliphatic heterocycles. The van der Waals surface area contributed by atoms with E-state index >= 15 is 0 Å². The van der Waals surface area contributed by atoms with Gasteiger partial charge in [0.15, 0.2) is 0 Å². The minimum atomic E-state index is -0.241. The van der Waals surface area contributed by atoms with Crippen LogP contribution in [0, 0.1) is 19.8 Å². The molecule has 1 amide bonds. The molecule has 1 aliphatic carbocycles. The maximum Gasteiger partial charge on any atom is 0.255 e. The number of aliphatic hydroxyl groups is 1. The predicted molar refractivity (Wildman–Crippen MR) is 86.1 cm³/mol. The van der Waals surface area contributed by atoms with Gasteiger partial charge in [0.05, 0.1) is 11.7 Å².